The van der Waals surface area contributed by atoms with Crippen LogP contribution < -0.4 is 5.73 Å². The van der Waals surface area contributed by atoms with Gasteiger partial charge in [0.15, 0.2) is 0 Å². The molecule has 2 nitrogen and oxygen atoms in total. The van der Waals surface area contributed by atoms with Gasteiger partial charge in [-0.15, -0.1) is 0 Å². The maximum Gasteiger partial charge on any atom is 0.0585 e. The van der Waals surface area contributed by atoms with E-state index in [1.54, 1.807) is 0 Å². The normalized spacial score (nSPS) is 19.4. The van der Waals surface area contributed by atoms with Crippen molar-refractivity contribution in [2.45, 2.75) is 52.0 Å². The van der Waals surface area contributed by atoms with Gasteiger partial charge in [-0.1, -0.05) is 12.1 Å². The zero-order chi connectivity index (χ0) is 13.3. The highest BCUT2D eigenvalue weighted by atomic mass is 16.5. The van der Waals surface area contributed by atoms with Crippen LogP contribution in [0.4, 0.5) is 0 Å². The molecular weight excluding hydrogens is 222 g/mol. The van der Waals surface area contributed by atoms with Gasteiger partial charge in [-0.25, -0.2) is 0 Å². The molecule has 1 aromatic rings. The first-order valence-electron chi connectivity index (χ1n) is 6.87. The molecule has 100 valence electrons. The van der Waals surface area contributed by atoms with Crippen molar-refractivity contribution in [2.24, 2.45) is 5.73 Å². The highest BCUT2D eigenvalue weighted by Crippen LogP contribution is 2.39. The topological polar surface area (TPSA) is 35.2 Å². The average Bonchev–Trinajstić information content (AvgIpc) is 2.26. The lowest BCUT2D eigenvalue weighted by atomic mass is 9.72. The summed E-state index contributed by atoms with van der Waals surface area (Å²) in [7, 11) is 0. The molecule has 0 radical (unpaired) electrons. The van der Waals surface area contributed by atoms with Crippen LogP contribution in [0.1, 0.15) is 42.0 Å². The molecular formula is C16H25NO. The van der Waals surface area contributed by atoms with Crippen LogP contribution in [-0.4, -0.2) is 19.3 Å². The molecule has 0 spiro atoms. The quantitative estimate of drug-likeness (QED) is 0.887. The Kier molecular flexibility index (Phi) is 3.79. The van der Waals surface area contributed by atoms with Gasteiger partial charge in [0.1, 0.15) is 0 Å². The van der Waals surface area contributed by atoms with E-state index in [9.17, 15) is 0 Å². The third-order valence-corrected chi connectivity index (χ3v) is 4.46. The second-order valence-electron chi connectivity index (χ2n) is 5.97. The van der Waals surface area contributed by atoms with Crippen molar-refractivity contribution < 1.29 is 4.74 Å². The third kappa shape index (κ3) is 2.32. The number of ether oxygens (including phenoxy) is 1. The predicted molar refractivity (Wildman–Crippen MR) is 76.0 cm³/mol. The molecule has 1 heterocycles. The molecule has 2 N–H and O–H groups in total. The van der Waals surface area contributed by atoms with Gasteiger partial charge in [0.05, 0.1) is 13.2 Å². The first kappa shape index (κ1) is 13.6. The Morgan fingerprint density at radius 1 is 1.22 bits per heavy atom. The molecule has 2 rings (SSSR count). The average molecular weight is 247 g/mol. The maximum absolute atomic E-state index is 5.91. The summed E-state index contributed by atoms with van der Waals surface area (Å²) in [5.74, 6) is 0. The zero-order valence-electron chi connectivity index (χ0n) is 12.0. The van der Waals surface area contributed by atoms with E-state index < -0.39 is 0 Å². The first-order chi connectivity index (χ1) is 8.46. The van der Waals surface area contributed by atoms with Gasteiger partial charge in [0.2, 0.25) is 0 Å². The van der Waals surface area contributed by atoms with Crippen molar-refractivity contribution in [3.05, 3.63) is 34.4 Å². The summed E-state index contributed by atoms with van der Waals surface area (Å²) in [4.78, 5) is 0. The van der Waals surface area contributed by atoms with E-state index in [1.807, 2.05) is 0 Å². The number of hydrogen-bond donors (Lipinski definition) is 1. The van der Waals surface area contributed by atoms with Crippen molar-refractivity contribution >= 4 is 0 Å². The lowest BCUT2D eigenvalue weighted by molar-refractivity contribution is -0.0660. The molecule has 1 atom stereocenters. The van der Waals surface area contributed by atoms with Crippen molar-refractivity contribution in [3.8, 4) is 0 Å². The van der Waals surface area contributed by atoms with Gasteiger partial charge in [-0.05, 0) is 62.8 Å². The number of nitrogens with two attached hydrogens (primary N) is 1. The van der Waals surface area contributed by atoms with Gasteiger partial charge in [0, 0.05) is 11.5 Å². The minimum absolute atomic E-state index is 0.218. The summed E-state index contributed by atoms with van der Waals surface area (Å²) in [5.41, 5.74) is 11.8. The number of aryl methyl sites for hydroxylation is 1. The molecule has 1 fully saturated rings. The van der Waals surface area contributed by atoms with E-state index in [-0.39, 0.29) is 11.5 Å². The van der Waals surface area contributed by atoms with E-state index in [4.69, 9.17) is 10.5 Å². The molecule has 0 bridgehead atoms. The summed E-state index contributed by atoms with van der Waals surface area (Å²) in [6.07, 6.45) is 2.20. The van der Waals surface area contributed by atoms with Crippen LogP contribution in [0.2, 0.25) is 0 Å². The third-order valence-electron chi connectivity index (χ3n) is 4.46. The van der Waals surface area contributed by atoms with Crippen LogP contribution in [0, 0.1) is 20.8 Å². The van der Waals surface area contributed by atoms with E-state index in [1.165, 1.54) is 22.3 Å². The molecule has 0 saturated carbocycles. The fourth-order valence-corrected chi connectivity index (χ4v) is 2.82. The van der Waals surface area contributed by atoms with Crippen molar-refractivity contribution in [1.82, 2.24) is 0 Å². The zero-order valence-corrected chi connectivity index (χ0v) is 12.0. The van der Waals surface area contributed by atoms with Gasteiger partial charge in [-0.2, -0.15) is 0 Å². The van der Waals surface area contributed by atoms with Gasteiger partial charge >= 0.3 is 0 Å². The Labute approximate surface area is 111 Å². The van der Waals surface area contributed by atoms with Gasteiger partial charge in [0.25, 0.3) is 0 Å². The summed E-state index contributed by atoms with van der Waals surface area (Å²) >= 11 is 0. The molecule has 0 amide bonds. The van der Waals surface area contributed by atoms with E-state index in [0.29, 0.717) is 0 Å². The van der Waals surface area contributed by atoms with Gasteiger partial charge in [-0.3, -0.25) is 0 Å². The fraction of sp³-hybridized carbons (Fsp3) is 0.625. The van der Waals surface area contributed by atoms with Crippen LogP contribution in [-0.2, 0) is 10.2 Å². The Hall–Kier alpha value is -0.860. The number of rotatable bonds is 4. The van der Waals surface area contributed by atoms with Crippen LogP contribution >= 0.6 is 0 Å². The van der Waals surface area contributed by atoms with Crippen LogP contribution in [0.3, 0.4) is 0 Å². The Bertz CT molecular complexity index is 433. The highest BCUT2D eigenvalue weighted by molar-refractivity contribution is 5.44. The highest BCUT2D eigenvalue weighted by Gasteiger charge is 2.41. The molecule has 1 saturated heterocycles. The van der Waals surface area contributed by atoms with Crippen molar-refractivity contribution in [1.29, 1.82) is 0 Å². The van der Waals surface area contributed by atoms with Gasteiger partial charge < -0.3 is 10.5 Å². The van der Waals surface area contributed by atoms with E-state index in [0.717, 1.165) is 26.1 Å². The van der Waals surface area contributed by atoms with Crippen LogP contribution in [0.25, 0.3) is 0 Å². The molecule has 0 aromatic heterocycles. The minimum atomic E-state index is 0.218. The van der Waals surface area contributed by atoms with E-state index >= 15 is 0 Å². The van der Waals surface area contributed by atoms with Crippen molar-refractivity contribution in [2.75, 3.05) is 13.2 Å². The number of hydrogen-bond acceptors (Lipinski definition) is 2. The van der Waals surface area contributed by atoms with E-state index in [2.05, 4.69) is 39.8 Å². The Balaban J connectivity index is 2.30. The summed E-state index contributed by atoms with van der Waals surface area (Å²) < 4.78 is 5.51. The Morgan fingerprint density at radius 2 is 1.89 bits per heavy atom. The SMILES string of the molecule is Cc1ccc(C2(CCC(C)N)COC2)c(C)c1C. The molecule has 18 heavy (non-hydrogen) atoms. The molecule has 1 unspecified atom stereocenters. The Morgan fingerprint density at radius 3 is 2.39 bits per heavy atom. The minimum Gasteiger partial charge on any atom is -0.379 e. The lowest BCUT2D eigenvalue weighted by Gasteiger charge is -2.44. The maximum atomic E-state index is 5.91. The van der Waals surface area contributed by atoms with Crippen LogP contribution in [0.5, 0.6) is 0 Å². The summed E-state index contributed by atoms with van der Waals surface area (Å²) in [6, 6.07) is 4.81. The van der Waals surface area contributed by atoms with Crippen molar-refractivity contribution in [3.63, 3.8) is 0 Å². The monoisotopic (exact) mass is 247 g/mol. The second kappa shape index (κ2) is 5.02. The predicted octanol–water partition coefficient (Wildman–Crippen LogP) is 3.01. The molecule has 1 aromatic carbocycles. The lowest BCUT2D eigenvalue weighted by Crippen LogP contribution is -2.48. The standard InChI is InChI=1S/C16H25NO/c1-11-5-6-15(14(4)13(11)3)16(9-18-10-16)8-7-12(2)17/h5-6,12H,7-10,17H2,1-4H3. The molecule has 1 aliphatic rings. The largest absolute Gasteiger partial charge is 0.379 e. The summed E-state index contributed by atoms with van der Waals surface area (Å²) in [6.45, 7) is 10.4. The second-order valence-corrected chi connectivity index (χ2v) is 5.97. The summed E-state index contributed by atoms with van der Waals surface area (Å²) in [5, 5.41) is 0. The molecule has 2 heteroatoms. The smallest absolute Gasteiger partial charge is 0.0585 e. The molecule has 1 aliphatic heterocycles. The molecule has 0 aliphatic carbocycles. The first-order valence-corrected chi connectivity index (χ1v) is 6.87. The van der Waals surface area contributed by atoms with Crippen LogP contribution in [0.15, 0.2) is 12.1 Å². The fourth-order valence-electron chi connectivity index (χ4n) is 2.82. The number of benzene rings is 1.